The molecule has 0 saturated carbocycles. The Kier molecular flexibility index (Phi) is 5.77. The summed E-state index contributed by atoms with van der Waals surface area (Å²) in [6, 6.07) is 13.5. The summed E-state index contributed by atoms with van der Waals surface area (Å²) in [5, 5.41) is 6.12. The molecule has 10 heteroatoms. The van der Waals surface area contributed by atoms with E-state index in [4.69, 9.17) is 13.6 Å². The van der Waals surface area contributed by atoms with Gasteiger partial charge in [-0.25, -0.2) is 9.99 Å². The minimum absolute atomic E-state index is 0.0446. The maximum Gasteiger partial charge on any atom is 0.306 e. The molecule has 1 atom stereocenters. The van der Waals surface area contributed by atoms with Gasteiger partial charge in [0.15, 0.2) is 6.61 Å². The molecule has 4 aromatic rings. The molecule has 1 amide bonds. The first kappa shape index (κ1) is 21.4. The Morgan fingerprint density at radius 2 is 1.91 bits per heavy atom. The molecule has 172 valence electrons. The maximum absolute atomic E-state index is 12.8. The number of nitrogens with zero attached hydrogens (tertiary/aromatic N) is 3. The molecule has 5 rings (SSSR count). The first-order valence-corrected chi connectivity index (χ1v) is 10.7. The average molecular weight is 460 g/mol. The Labute approximate surface area is 192 Å². The molecule has 0 saturated heterocycles. The van der Waals surface area contributed by atoms with Crippen LogP contribution in [0.25, 0.3) is 10.9 Å². The van der Waals surface area contributed by atoms with Crippen molar-refractivity contribution in [1.29, 1.82) is 0 Å². The molecule has 1 aliphatic rings. The van der Waals surface area contributed by atoms with E-state index >= 15 is 0 Å². The van der Waals surface area contributed by atoms with Gasteiger partial charge in [0, 0.05) is 12.8 Å². The predicted octanol–water partition coefficient (Wildman–Crippen LogP) is 2.96. The molecular weight excluding hydrogens is 440 g/mol. The summed E-state index contributed by atoms with van der Waals surface area (Å²) in [4.78, 5) is 44.3. The minimum atomic E-state index is -0.590. The van der Waals surface area contributed by atoms with Crippen LogP contribution < -0.4 is 5.56 Å². The SMILES string of the molecule is O=C(CCc1nc2ccccc2c(=O)[nH]1)OCC(=O)N1N=C(c2ccco2)C[C@H]1c1ccco1. The van der Waals surface area contributed by atoms with E-state index in [-0.39, 0.29) is 18.4 Å². The number of fused-ring (bicyclic) bond motifs is 1. The fourth-order valence-corrected chi connectivity index (χ4v) is 3.79. The maximum atomic E-state index is 12.8. The van der Waals surface area contributed by atoms with E-state index < -0.39 is 24.5 Å². The molecule has 4 heterocycles. The summed E-state index contributed by atoms with van der Waals surface area (Å²) in [6.07, 6.45) is 3.59. The summed E-state index contributed by atoms with van der Waals surface area (Å²) >= 11 is 0. The number of aromatic amines is 1. The van der Waals surface area contributed by atoms with E-state index in [1.165, 1.54) is 17.5 Å². The second-order valence-electron chi connectivity index (χ2n) is 7.69. The van der Waals surface area contributed by atoms with Gasteiger partial charge in [-0.15, -0.1) is 0 Å². The van der Waals surface area contributed by atoms with Crippen LogP contribution in [-0.2, 0) is 20.7 Å². The zero-order valence-corrected chi connectivity index (χ0v) is 18.0. The Morgan fingerprint density at radius 3 is 2.71 bits per heavy atom. The smallest absolute Gasteiger partial charge is 0.306 e. The van der Waals surface area contributed by atoms with Crippen LogP contribution in [0.3, 0.4) is 0 Å². The van der Waals surface area contributed by atoms with Crippen molar-refractivity contribution in [2.75, 3.05) is 6.61 Å². The zero-order chi connectivity index (χ0) is 23.5. The van der Waals surface area contributed by atoms with Crippen molar-refractivity contribution in [3.05, 3.63) is 88.8 Å². The van der Waals surface area contributed by atoms with Crippen molar-refractivity contribution in [1.82, 2.24) is 15.0 Å². The van der Waals surface area contributed by atoms with E-state index in [0.29, 0.717) is 40.4 Å². The van der Waals surface area contributed by atoms with Crippen molar-refractivity contribution < 1.29 is 23.2 Å². The normalized spacial score (nSPS) is 15.5. The molecule has 34 heavy (non-hydrogen) atoms. The number of hydrogen-bond donors (Lipinski definition) is 1. The topological polar surface area (TPSA) is 131 Å². The number of nitrogens with one attached hydrogen (secondary N) is 1. The number of aromatic nitrogens is 2. The third kappa shape index (κ3) is 4.38. The number of hydrogen-bond acceptors (Lipinski definition) is 8. The Hall–Kier alpha value is -4.47. The average Bonchev–Trinajstić information content (AvgIpc) is 3.62. The van der Waals surface area contributed by atoms with Crippen molar-refractivity contribution in [2.24, 2.45) is 5.10 Å². The van der Waals surface area contributed by atoms with Crippen molar-refractivity contribution >= 4 is 28.5 Å². The summed E-state index contributed by atoms with van der Waals surface area (Å²) in [5.74, 6) is 0.413. The van der Waals surface area contributed by atoms with Gasteiger partial charge in [0.1, 0.15) is 29.1 Å². The number of para-hydroxylation sites is 1. The fourth-order valence-electron chi connectivity index (χ4n) is 3.79. The van der Waals surface area contributed by atoms with Gasteiger partial charge in [-0.1, -0.05) is 12.1 Å². The number of rotatable bonds is 7. The molecule has 0 radical (unpaired) electrons. The van der Waals surface area contributed by atoms with Gasteiger partial charge in [-0.05, 0) is 36.4 Å². The molecule has 0 spiro atoms. The molecule has 0 fully saturated rings. The van der Waals surface area contributed by atoms with E-state index in [1.54, 1.807) is 48.5 Å². The minimum Gasteiger partial charge on any atom is -0.467 e. The van der Waals surface area contributed by atoms with E-state index in [1.807, 2.05) is 0 Å². The van der Waals surface area contributed by atoms with Crippen LogP contribution in [0.15, 0.2) is 79.8 Å². The van der Waals surface area contributed by atoms with Gasteiger partial charge < -0.3 is 18.6 Å². The van der Waals surface area contributed by atoms with Crippen molar-refractivity contribution in [3.63, 3.8) is 0 Å². The summed E-state index contributed by atoms with van der Waals surface area (Å²) in [5.41, 5.74) is 0.873. The lowest BCUT2D eigenvalue weighted by atomic mass is 10.1. The van der Waals surface area contributed by atoms with Gasteiger partial charge >= 0.3 is 5.97 Å². The van der Waals surface area contributed by atoms with Crippen LogP contribution in [0.4, 0.5) is 0 Å². The molecule has 1 N–H and O–H groups in total. The first-order chi connectivity index (χ1) is 16.6. The molecule has 3 aromatic heterocycles. The monoisotopic (exact) mass is 460 g/mol. The second-order valence-corrected chi connectivity index (χ2v) is 7.69. The van der Waals surface area contributed by atoms with E-state index in [9.17, 15) is 14.4 Å². The number of benzene rings is 1. The molecule has 0 unspecified atom stereocenters. The van der Waals surface area contributed by atoms with Crippen molar-refractivity contribution in [3.8, 4) is 0 Å². The quantitative estimate of drug-likeness (QED) is 0.420. The van der Waals surface area contributed by atoms with Crippen LogP contribution in [0.5, 0.6) is 0 Å². The van der Waals surface area contributed by atoms with Gasteiger partial charge in [0.05, 0.1) is 29.9 Å². The first-order valence-electron chi connectivity index (χ1n) is 10.7. The number of aryl methyl sites for hydroxylation is 1. The lowest BCUT2D eigenvalue weighted by Crippen LogP contribution is -2.31. The van der Waals surface area contributed by atoms with E-state index in [0.717, 1.165) is 0 Å². The number of H-pyrrole nitrogens is 1. The summed E-state index contributed by atoms with van der Waals surface area (Å²) in [6.45, 7) is -0.480. The molecule has 0 aliphatic carbocycles. The lowest BCUT2D eigenvalue weighted by molar-refractivity contribution is -0.153. The van der Waals surface area contributed by atoms with Crippen molar-refractivity contribution in [2.45, 2.75) is 25.3 Å². The van der Waals surface area contributed by atoms with Crippen LogP contribution in [0.1, 0.15) is 36.2 Å². The Bertz CT molecular complexity index is 1410. The number of carbonyl (C=O) groups excluding carboxylic acids is 2. The highest BCUT2D eigenvalue weighted by atomic mass is 16.5. The van der Waals surface area contributed by atoms with Gasteiger partial charge in [0.2, 0.25) is 0 Å². The zero-order valence-electron chi connectivity index (χ0n) is 18.0. The molecule has 1 aliphatic heterocycles. The third-order valence-electron chi connectivity index (χ3n) is 5.43. The van der Waals surface area contributed by atoms with Gasteiger partial charge in [0.25, 0.3) is 11.5 Å². The number of esters is 1. The van der Waals surface area contributed by atoms with Crippen LogP contribution >= 0.6 is 0 Å². The molecule has 1 aromatic carbocycles. The van der Waals surface area contributed by atoms with Crippen LogP contribution in [0.2, 0.25) is 0 Å². The largest absolute Gasteiger partial charge is 0.467 e. The highest BCUT2D eigenvalue weighted by molar-refractivity contribution is 6.01. The second kappa shape index (κ2) is 9.18. The summed E-state index contributed by atoms with van der Waals surface area (Å²) in [7, 11) is 0. The fraction of sp³-hybridized carbons (Fsp3) is 0.208. The predicted molar refractivity (Wildman–Crippen MR) is 120 cm³/mol. The number of amides is 1. The number of carbonyl (C=O) groups is 2. The Balaban J connectivity index is 1.21. The molecule has 0 bridgehead atoms. The summed E-state index contributed by atoms with van der Waals surface area (Å²) < 4.78 is 16.1. The van der Waals surface area contributed by atoms with Gasteiger partial charge in [-0.2, -0.15) is 5.10 Å². The van der Waals surface area contributed by atoms with Crippen LogP contribution in [0, 0.1) is 0 Å². The number of ether oxygens (including phenoxy) is 1. The molecule has 10 nitrogen and oxygen atoms in total. The number of furan rings is 2. The van der Waals surface area contributed by atoms with E-state index in [2.05, 4.69) is 15.1 Å². The Morgan fingerprint density at radius 1 is 1.09 bits per heavy atom. The van der Waals surface area contributed by atoms with Gasteiger partial charge in [-0.3, -0.25) is 14.4 Å². The number of hydrazone groups is 1. The third-order valence-corrected chi connectivity index (χ3v) is 5.43. The highest BCUT2D eigenvalue weighted by Crippen LogP contribution is 2.33. The molecular formula is C24H20N4O6. The lowest BCUT2D eigenvalue weighted by Gasteiger charge is -2.19. The van der Waals surface area contributed by atoms with Crippen LogP contribution in [-0.4, -0.2) is 39.2 Å². The highest BCUT2D eigenvalue weighted by Gasteiger charge is 2.36. The standard InChI is InChI=1S/C24H20N4O6/c29-22(28-18(20-8-4-12-33-20)13-17(27-28)19-7-3-11-32-19)14-34-23(30)10-9-21-25-16-6-2-1-5-15(16)24(31)26-21/h1-8,11-12,18H,9-10,13-14H2,(H,25,26,31)/t18-/m0/s1.